The molecule has 146 valence electrons. The Balaban J connectivity index is 1.47. The van der Waals surface area contributed by atoms with E-state index in [0.29, 0.717) is 10.6 Å². The van der Waals surface area contributed by atoms with Crippen LogP contribution in [0, 0.1) is 23.7 Å². The van der Waals surface area contributed by atoms with Crippen LogP contribution in [-0.2, 0) is 9.59 Å². The Hall–Kier alpha value is -1.89. The van der Waals surface area contributed by atoms with Gasteiger partial charge in [-0.05, 0) is 61.8 Å². The van der Waals surface area contributed by atoms with E-state index in [1.54, 1.807) is 11.4 Å². The number of anilines is 1. The van der Waals surface area contributed by atoms with Gasteiger partial charge in [-0.2, -0.15) is 0 Å². The van der Waals surface area contributed by atoms with Crippen LogP contribution in [0.25, 0.3) is 0 Å². The Labute approximate surface area is 162 Å². The predicted octanol–water partition coefficient (Wildman–Crippen LogP) is 3.50. The number of thiophene rings is 1. The van der Waals surface area contributed by atoms with E-state index >= 15 is 0 Å². The predicted molar refractivity (Wildman–Crippen MR) is 103 cm³/mol. The average Bonchev–Trinajstić information content (AvgIpc) is 3.33. The molecule has 0 radical (unpaired) electrons. The summed E-state index contributed by atoms with van der Waals surface area (Å²) in [7, 11) is 0. The molecular formula is C20H26N2O4S. The number of hydrogen-bond acceptors (Lipinski definition) is 4. The summed E-state index contributed by atoms with van der Waals surface area (Å²) in [5.41, 5.74) is 0.480. The van der Waals surface area contributed by atoms with Crippen LogP contribution < -0.4 is 10.6 Å². The number of carboxylic acids is 1. The lowest BCUT2D eigenvalue weighted by Crippen LogP contribution is -2.49. The highest BCUT2D eigenvalue weighted by atomic mass is 32.1. The van der Waals surface area contributed by atoms with Crippen molar-refractivity contribution in [1.29, 1.82) is 0 Å². The molecule has 1 aromatic heterocycles. The number of carboxylic acid groups (broad SMARTS) is 1. The lowest BCUT2D eigenvalue weighted by Gasteiger charge is -2.45. The second-order valence-electron chi connectivity index (χ2n) is 8.17. The van der Waals surface area contributed by atoms with Crippen molar-refractivity contribution in [2.45, 2.75) is 57.4 Å². The fourth-order valence-corrected chi connectivity index (χ4v) is 6.08. The van der Waals surface area contributed by atoms with Gasteiger partial charge in [-0.1, -0.05) is 12.8 Å². The lowest BCUT2D eigenvalue weighted by molar-refractivity contribution is -0.156. The molecule has 0 aromatic carbocycles. The topological polar surface area (TPSA) is 95.5 Å². The highest BCUT2D eigenvalue weighted by Gasteiger charge is 2.50. The van der Waals surface area contributed by atoms with Crippen molar-refractivity contribution in [2.24, 2.45) is 23.7 Å². The van der Waals surface area contributed by atoms with Crippen LogP contribution in [-0.4, -0.2) is 28.9 Å². The van der Waals surface area contributed by atoms with Gasteiger partial charge in [-0.25, -0.2) is 0 Å². The first-order valence-corrected chi connectivity index (χ1v) is 10.8. The van der Waals surface area contributed by atoms with Crippen molar-refractivity contribution in [3.63, 3.8) is 0 Å². The molecule has 0 aliphatic heterocycles. The number of aliphatic carboxylic acids is 1. The van der Waals surface area contributed by atoms with Gasteiger partial charge in [-0.3, -0.25) is 14.4 Å². The fraction of sp³-hybridized carbons (Fsp3) is 0.650. The van der Waals surface area contributed by atoms with E-state index in [1.807, 2.05) is 0 Å². The van der Waals surface area contributed by atoms with E-state index < -0.39 is 17.8 Å². The van der Waals surface area contributed by atoms with E-state index in [-0.39, 0.29) is 29.7 Å². The first-order chi connectivity index (χ1) is 13.0. The summed E-state index contributed by atoms with van der Waals surface area (Å²) >= 11 is 1.32. The minimum Gasteiger partial charge on any atom is -0.481 e. The van der Waals surface area contributed by atoms with Gasteiger partial charge in [0.2, 0.25) is 5.91 Å². The third kappa shape index (κ3) is 3.61. The van der Waals surface area contributed by atoms with Crippen LogP contribution in [0.1, 0.15) is 61.7 Å². The summed E-state index contributed by atoms with van der Waals surface area (Å²) in [6.45, 7) is 0. The van der Waals surface area contributed by atoms with Crippen LogP contribution in [0.15, 0.2) is 11.4 Å². The minimum absolute atomic E-state index is 0.0942. The van der Waals surface area contributed by atoms with Gasteiger partial charge in [-0.15, -0.1) is 11.3 Å². The Kier molecular flexibility index (Phi) is 5.21. The maximum Gasteiger partial charge on any atom is 0.307 e. The first kappa shape index (κ1) is 18.5. The van der Waals surface area contributed by atoms with Gasteiger partial charge in [0, 0.05) is 6.04 Å². The summed E-state index contributed by atoms with van der Waals surface area (Å²) in [4.78, 5) is 37.4. The molecule has 2 bridgehead atoms. The van der Waals surface area contributed by atoms with Crippen LogP contribution >= 0.6 is 11.3 Å². The van der Waals surface area contributed by atoms with E-state index in [0.717, 1.165) is 51.4 Å². The number of carbonyl (C=O) groups excluding carboxylic acids is 2. The van der Waals surface area contributed by atoms with Crippen LogP contribution in [0.5, 0.6) is 0 Å². The molecule has 4 aliphatic rings. The minimum atomic E-state index is -0.866. The van der Waals surface area contributed by atoms with Gasteiger partial charge in [0.25, 0.3) is 5.91 Å². The Morgan fingerprint density at radius 3 is 2.22 bits per heavy atom. The summed E-state index contributed by atoms with van der Waals surface area (Å²) in [6.07, 6.45) is 7.93. The molecule has 6 nitrogen and oxygen atoms in total. The fourth-order valence-electron chi connectivity index (χ4n) is 5.30. The number of rotatable bonds is 5. The molecule has 5 rings (SSSR count). The van der Waals surface area contributed by atoms with E-state index in [2.05, 4.69) is 10.6 Å². The maximum absolute atomic E-state index is 13.0. The van der Waals surface area contributed by atoms with Gasteiger partial charge < -0.3 is 15.7 Å². The third-order valence-electron chi connectivity index (χ3n) is 6.64. The average molecular weight is 391 g/mol. The van der Waals surface area contributed by atoms with E-state index in [4.69, 9.17) is 0 Å². The third-order valence-corrected chi connectivity index (χ3v) is 7.47. The van der Waals surface area contributed by atoms with Crippen molar-refractivity contribution in [1.82, 2.24) is 5.32 Å². The molecule has 1 heterocycles. The summed E-state index contributed by atoms with van der Waals surface area (Å²) in [6, 6.07) is 1.94. The Morgan fingerprint density at radius 2 is 1.59 bits per heavy atom. The largest absolute Gasteiger partial charge is 0.481 e. The standard InChI is InChI=1S/C20H26N2O4S/c23-17(21-13-3-1-2-4-13)14-9-10-27-19(14)22-18(24)15-11-5-7-12(8-6-11)16(15)20(25)26/h9-13,15-16H,1-8H2,(H,21,23)(H,22,24)(H,25,26)/t11?,12?,15-,16-/m0/s1. The van der Waals surface area contributed by atoms with Gasteiger partial charge in [0.05, 0.1) is 17.4 Å². The van der Waals surface area contributed by atoms with Crippen molar-refractivity contribution in [3.8, 4) is 0 Å². The molecule has 7 heteroatoms. The van der Waals surface area contributed by atoms with Crippen molar-refractivity contribution in [2.75, 3.05) is 5.32 Å². The van der Waals surface area contributed by atoms with E-state index in [9.17, 15) is 19.5 Å². The van der Waals surface area contributed by atoms with Gasteiger partial charge in [0.1, 0.15) is 5.00 Å². The molecule has 4 fully saturated rings. The van der Waals surface area contributed by atoms with Crippen molar-refractivity contribution in [3.05, 3.63) is 17.0 Å². The zero-order valence-electron chi connectivity index (χ0n) is 15.3. The van der Waals surface area contributed by atoms with E-state index in [1.165, 1.54) is 11.3 Å². The number of nitrogens with one attached hydrogen (secondary N) is 2. The molecule has 0 unspecified atom stereocenters. The Bertz CT molecular complexity index is 732. The maximum atomic E-state index is 13.0. The van der Waals surface area contributed by atoms with Gasteiger partial charge >= 0.3 is 5.97 Å². The number of amides is 2. The zero-order valence-corrected chi connectivity index (χ0v) is 16.1. The molecule has 4 aliphatic carbocycles. The van der Waals surface area contributed by atoms with Crippen LogP contribution in [0.3, 0.4) is 0 Å². The molecule has 3 N–H and O–H groups in total. The molecule has 2 amide bonds. The number of fused-ring (bicyclic) bond motifs is 3. The number of hydrogen-bond donors (Lipinski definition) is 3. The van der Waals surface area contributed by atoms with Crippen LogP contribution in [0.4, 0.5) is 5.00 Å². The quantitative estimate of drug-likeness (QED) is 0.717. The SMILES string of the molecule is O=C(NC1CCCC1)c1ccsc1NC(=O)[C@H]1C2CCC(CC2)[C@@H]1C(=O)O. The second kappa shape index (κ2) is 7.62. The highest BCUT2D eigenvalue weighted by molar-refractivity contribution is 7.14. The summed E-state index contributed by atoms with van der Waals surface area (Å²) in [5, 5.41) is 17.9. The molecule has 0 saturated heterocycles. The molecule has 1 aromatic rings. The summed E-state index contributed by atoms with van der Waals surface area (Å²) < 4.78 is 0. The molecule has 27 heavy (non-hydrogen) atoms. The smallest absolute Gasteiger partial charge is 0.307 e. The van der Waals surface area contributed by atoms with Crippen LogP contribution in [0.2, 0.25) is 0 Å². The van der Waals surface area contributed by atoms with Gasteiger partial charge in [0.15, 0.2) is 0 Å². The second-order valence-corrected chi connectivity index (χ2v) is 9.09. The zero-order chi connectivity index (χ0) is 19.0. The molecule has 4 saturated carbocycles. The lowest BCUT2D eigenvalue weighted by atomic mass is 9.58. The normalized spacial score (nSPS) is 30.2. The Morgan fingerprint density at radius 1 is 0.963 bits per heavy atom. The van der Waals surface area contributed by atoms with Crippen molar-refractivity contribution >= 4 is 34.1 Å². The molecular weight excluding hydrogens is 364 g/mol. The molecule has 2 atom stereocenters. The first-order valence-electron chi connectivity index (χ1n) is 9.96. The van der Waals surface area contributed by atoms with Crippen molar-refractivity contribution < 1.29 is 19.5 Å². The molecule has 0 spiro atoms. The highest BCUT2D eigenvalue weighted by Crippen LogP contribution is 2.49. The monoisotopic (exact) mass is 390 g/mol. The summed E-state index contributed by atoms with van der Waals surface area (Å²) in [5.74, 6) is -2.14. The number of carbonyl (C=O) groups is 3.